The van der Waals surface area contributed by atoms with Crippen molar-refractivity contribution in [3.05, 3.63) is 34.9 Å². The maximum atomic E-state index is 12.5. The molecule has 2 nitrogen and oxygen atoms in total. The van der Waals surface area contributed by atoms with E-state index in [9.17, 15) is 18.0 Å². The van der Waals surface area contributed by atoms with E-state index in [2.05, 4.69) is 4.99 Å². The maximum absolute atomic E-state index is 12.5. The van der Waals surface area contributed by atoms with Gasteiger partial charge in [0.25, 0.3) is 0 Å². The molecule has 1 unspecified atom stereocenters. The Hall–Kier alpha value is -1.61. The van der Waals surface area contributed by atoms with Crippen LogP contribution in [0.15, 0.2) is 23.2 Å². The number of fused-ring (bicyclic) bond motifs is 1. The van der Waals surface area contributed by atoms with E-state index in [0.29, 0.717) is 5.56 Å². The summed E-state index contributed by atoms with van der Waals surface area (Å²) < 4.78 is 37.4. The fraction of sp³-hybridized carbons (Fsp3) is 0.300. The van der Waals surface area contributed by atoms with Crippen LogP contribution in [0.3, 0.4) is 0 Å². The molecule has 1 aliphatic rings. The molecule has 0 aromatic heterocycles. The lowest BCUT2D eigenvalue weighted by atomic mass is 9.80. The van der Waals surface area contributed by atoms with Crippen molar-refractivity contribution < 1.29 is 18.0 Å². The van der Waals surface area contributed by atoms with Crippen LogP contribution in [0.2, 0.25) is 0 Å². The highest BCUT2D eigenvalue weighted by atomic mass is 19.4. The van der Waals surface area contributed by atoms with Gasteiger partial charge in [0.15, 0.2) is 0 Å². The largest absolute Gasteiger partial charge is 0.416 e. The first-order chi connectivity index (χ1) is 7.04. The fourth-order valence-corrected chi connectivity index (χ4v) is 1.76. The Morgan fingerprint density at radius 3 is 2.73 bits per heavy atom. The summed E-state index contributed by atoms with van der Waals surface area (Å²) in [5.41, 5.74) is 0.0968. The van der Waals surface area contributed by atoms with Crippen LogP contribution >= 0.6 is 0 Å². The van der Waals surface area contributed by atoms with Crippen molar-refractivity contribution in [1.29, 1.82) is 0 Å². The topological polar surface area (TPSA) is 29.4 Å². The molecule has 0 aliphatic heterocycles. The second-order valence-electron chi connectivity index (χ2n) is 3.31. The van der Waals surface area contributed by atoms with Crippen molar-refractivity contribution in [1.82, 2.24) is 0 Å². The predicted octanol–water partition coefficient (Wildman–Crippen LogP) is 2.64. The normalized spacial score (nSPS) is 18.7. The van der Waals surface area contributed by atoms with Gasteiger partial charge in [0.1, 0.15) is 0 Å². The monoisotopic (exact) mass is 213 g/mol. The van der Waals surface area contributed by atoms with Crippen molar-refractivity contribution in [3.63, 3.8) is 0 Å². The highest BCUT2D eigenvalue weighted by Gasteiger charge is 2.39. The summed E-state index contributed by atoms with van der Waals surface area (Å²) in [6.07, 6.45) is -2.80. The Bertz CT molecular complexity index is 446. The average Bonchev–Trinajstić information content (AvgIpc) is 2.12. The van der Waals surface area contributed by atoms with E-state index >= 15 is 0 Å². The van der Waals surface area contributed by atoms with Gasteiger partial charge in [-0.2, -0.15) is 18.2 Å². The minimum Gasteiger partial charge on any atom is -0.211 e. The van der Waals surface area contributed by atoms with E-state index in [-0.39, 0.29) is 12.0 Å². The number of hydrogen-bond acceptors (Lipinski definition) is 2. The molecule has 0 N–H and O–H groups in total. The highest BCUT2D eigenvalue weighted by Crippen LogP contribution is 2.43. The first kappa shape index (κ1) is 9.93. The van der Waals surface area contributed by atoms with Crippen LogP contribution in [0.25, 0.3) is 0 Å². The van der Waals surface area contributed by atoms with Gasteiger partial charge in [0.2, 0.25) is 6.08 Å². The van der Waals surface area contributed by atoms with Gasteiger partial charge in [-0.1, -0.05) is 12.1 Å². The van der Waals surface area contributed by atoms with E-state index in [1.54, 1.807) is 6.07 Å². The van der Waals surface area contributed by atoms with Gasteiger partial charge < -0.3 is 0 Å². The molecular formula is C10H6F3NO. The van der Waals surface area contributed by atoms with Gasteiger partial charge >= 0.3 is 6.18 Å². The minimum absolute atomic E-state index is 0.167. The molecule has 0 fully saturated rings. The summed E-state index contributed by atoms with van der Waals surface area (Å²) >= 11 is 0. The van der Waals surface area contributed by atoms with Gasteiger partial charge in [-0.15, -0.1) is 0 Å². The summed E-state index contributed by atoms with van der Waals surface area (Å²) in [5, 5.41) is 0. The van der Waals surface area contributed by atoms with Crippen molar-refractivity contribution in [2.75, 3.05) is 0 Å². The summed E-state index contributed by atoms with van der Waals surface area (Å²) in [5.74, 6) is 0. The van der Waals surface area contributed by atoms with E-state index < -0.39 is 17.8 Å². The quantitative estimate of drug-likeness (QED) is 0.520. The molecule has 0 amide bonds. The van der Waals surface area contributed by atoms with E-state index in [1.807, 2.05) is 0 Å². The lowest BCUT2D eigenvalue weighted by molar-refractivity contribution is -0.138. The second kappa shape index (κ2) is 3.21. The number of carbonyl (C=O) groups excluding carboxylic acids is 1. The van der Waals surface area contributed by atoms with Crippen LogP contribution in [0.5, 0.6) is 0 Å². The number of benzene rings is 1. The standard InChI is InChI=1S/C10H6F3NO/c11-10(12,13)8-3-1-2-6-7(8)4-9(6)14-5-15/h1-3,9H,4H2. The Labute approximate surface area is 83.4 Å². The zero-order valence-corrected chi connectivity index (χ0v) is 7.51. The number of isocyanates is 1. The van der Waals surface area contributed by atoms with Gasteiger partial charge in [0.05, 0.1) is 11.6 Å². The van der Waals surface area contributed by atoms with E-state index in [0.717, 1.165) is 6.07 Å². The SMILES string of the molecule is O=C=NC1Cc2c1cccc2C(F)(F)F. The number of aliphatic imine (C=N–C) groups is 1. The summed E-state index contributed by atoms with van der Waals surface area (Å²) in [4.78, 5) is 13.4. The molecule has 1 aromatic carbocycles. The van der Waals surface area contributed by atoms with Crippen molar-refractivity contribution in [2.45, 2.75) is 18.6 Å². The lowest BCUT2D eigenvalue weighted by Crippen LogP contribution is -2.21. The number of alkyl halides is 3. The summed E-state index contributed by atoms with van der Waals surface area (Å²) in [7, 11) is 0. The third-order valence-corrected chi connectivity index (χ3v) is 2.48. The molecule has 78 valence electrons. The van der Waals surface area contributed by atoms with Gasteiger partial charge in [0, 0.05) is 6.42 Å². The van der Waals surface area contributed by atoms with E-state index in [1.165, 1.54) is 12.1 Å². The Balaban J connectivity index is 2.44. The third kappa shape index (κ3) is 1.55. The molecule has 15 heavy (non-hydrogen) atoms. The van der Waals surface area contributed by atoms with Crippen LogP contribution in [0.1, 0.15) is 22.7 Å². The molecule has 0 saturated carbocycles. The van der Waals surface area contributed by atoms with E-state index in [4.69, 9.17) is 0 Å². The number of halogens is 3. The lowest BCUT2D eigenvalue weighted by Gasteiger charge is -2.28. The zero-order chi connectivity index (χ0) is 11.1. The molecular weight excluding hydrogens is 207 g/mol. The van der Waals surface area contributed by atoms with Gasteiger partial charge in [-0.25, -0.2) is 4.79 Å². The average molecular weight is 213 g/mol. The van der Waals surface area contributed by atoms with Crippen molar-refractivity contribution >= 4 is 6.08 Å². The number of hydrogen-bond donors (Lipinski definition) is 0. The second-order valence-corrected chi connectivity index (χ2v) is 3.31. The maximum Gasteiger partial charge on any atom is 0.416 e. The van der Waals surface area contributed by atoms with Crippen molar-refractivity contribution in [3.8, 4) is 0 Å². The highest BCUT2D eigenvalue weighted by molar-refractivity contribution is 5.48. The molecule has 1 atom stereocenters. The fourth-order valence-electron chi connectivity index (χ4n) is 1.76. The summed E-state index contributed by atoms with van der Waals surface area (Å²) in [6, 6.07) is 3.48. The molecule has 0 radical (unpaired) electrons. The predicted molar refractivity (Wildman–Crippen MR) is 46.0 cm³/mol. The Kier molecular flexibility index (Phi) is 2.12. The van der Waals surface area contributed by atoms with Crippen molar-refractivity contribution in [2.24, 2.45) is 4.99 Å². The summed E-state index contributed by atoms with van der Waals surface area (Å²) in [6.45, 7) is 0. The minimum atomic E-state index is -4.33. The molecule has 2 rings (SSSR count). The molecule has 0 bridgehead atoms. The molecule has 0 saturated heterocycles. The van der Waals surface area contributed by atoms with Gasteiger partial charge in [-0.3, -0.25) is 0 Å². The van der Waals surface area contributed by atoms with Crippen LogP contribution in [0, 0.1) is 0 Å². The third-order valence-electron chi connectivity index (χ3n) is 2.48. The molecule has 0 heterocycles. The molecule has 5 heteroatoms. The molecule has 1 aliphatic carbocycles. The Morgan fingerprint density at radius 1 is 1.40 bits per heavy atom. The smallest absolute Gasteiger partial charge is 0.211 e. The molecule has 1 aromatic rings. The number of nitrogens with zero attached hydrogens (tertiary/aromatic N) is 1. The van der Waals surface area contributed by atoms with Crippen LogP contribution < -0.4 is 0 Å². The van der Waals surface area contributed by atoms with Crippen LogP contribution in [0.4, 0.5) is 13.2 Å². The Morgan fingerprint density at radius 2 is 2.13 bits per heavy atom. The molecule has 0 spiro atoms. The first-order valence-electron chi connectivity index (χ1n) is 4.30. The first-order valence-corrected chi connectivity index (χ1v) is 4.30. The van der Waals surface area contributed by atoms with Crippen LogP contribution in [-0.2, 0) is 17.4 Å². The number of rotatable bonds is 1. The van der Waals surface area contributed by atoms with Gasteiger partial charge in [-0.05, 0) is 17.2 Å². The van der Waals surface area contributed by atoms with Crippen LogP contribution in [-0.4, -0.2) is 6.08 Å². The zero-order valence-electron chi connectivity index (χ0n) is 7.51.